The molecule has 0 unspecified atom stereocenters. The molecule has 0 spiro atoms. The van der Waals surface area contributed by atoms with E-state index >= 15 is 0 Å². The number of rotatable bonds is 4. The van der Waals surface area contributed by atoms with E-state index in [1.54, 1.807) is 24.3 Å². The lowest BCUT2D eigenvalue weighted by molar-refractivity contribution is -0.113. The van der Waals surface area contributed by atoms with E-state index in [4.69, 9.17) is 4.74 Å². The van der Waals surface area contributed by atoms with Gasteiger partial charge >= 0.3 is 0 Å². The van der Waals surface area contributed by atoms with E-state index in [2.05, 4.69) is 10.3 Å². The van der Waals surface area contributed by atoms with Crippen molar-refractivity contribution >= 4 is 17.9 Å². The van der Waals surface area contributed by atoms with Crippen molar-refractivity contribution in [2.75, 3.05) is 6.54 Å². The summed E-state index contributed by atoms with van der Waals surface area (Å²) < 4.78 is 5.76. The number of aliphatic imine (C=N–C) groups is 1. The summed E-state index contributed by atoms with van der Waals surface area (Å²) in [6, 6.07) is 16.1. The van der Waals surface area contributed by atoms with Gasteiger partial charge in [-0.2, -0.15) is 0 Å². The highest BCUT2D eigenvalue weighted by Gasteiger charge is 2.15. The molecule has 1 heterocycles. The average Bonchev–Trinajstić information content (AvgIpc) is 2.79. The van der Waals surface area contributed by atoms with Crippen LogP contribution in [0.15, 0.2) is 71.4 Å². The number of ketones is 1. The van der Waals surface area contributed by atoms with Gasteiger partial charge in [-0.3, -0.25) is 14.6 Å². The summed E-state index contributed by atoms with van der Waals surface area (Å²) in [5.41, 5.74) is 0.754. The Bertz CT molecular complexity index is 797. The lowest BCUT2D eigenvalue weighted by Gasteiger charge is -2.12. The highest BCUT2D eigenvalue weighted by molar-refractivity contribution is 6.06. The van der Waals surface area contributed by atoms with Crippen LogP contribution in [0.1, 0.15) is 51.9 Å². The molecule has 1 N–H and O–H groups in total. The smallest absolute Gasteiger partial charge is 0.259 e. The van der Waals surface area contributed by atoms with Crippen molar-refractivity contribution in [3.63, 3.8) is 0 Å². The Morgan fingerprint density at radius 1 is 0.897 bits per heavy atom. The van der Waals surface area contributed by atoms with Crippen molar-refractivity contribution in [3.05, 3.63) is 71.9 Å². The highest BCUT2D eigenvalue weighted by Crippen LogP contribution is 2.25. The van der Waals surface area contributed by atoms with Crippen LogP contribution in [-0.2, 0) is 4.79 Å². The van der Waals surface area contributed by atoms with E-state index in [1.165, 1.54) is 12.3 Å². The van der Waals surface area contributed by atoms with Crippen LogP contribution < -0.4 is 10.1 Å². The Kier molecular flexibility index (Phi) is 14.1. The van der Waals surface area contributed by atoms with Crippen LogP contribution in [-0.4, -0.2) is 24.4 Å². The summed E-state index contributed by atoms with van der Waals surface area (Å²) >= 11 is 0. The lowest BCUT2D eigenvalue weighted by atomic mass is 10.1. The van der Waals surface area contributed by atoms with Crippen molar-refractivity contribution in [1.29, 1.82) is 0 Å². The Balaban J connectivity index is 0.00000120. The molecule has 0 radical (unpaired) electrons. The largest absolute Gasteiger partial charge is 0.457 e. The number of allylic oxidation sites excluding steroid dienone is 1. The van der Waals surface area contributed by atoms with Crippen LogP contribution in [0.5, 0.6) is 11.5 Å². The molecule has 5 heteroatoms. The molecule has 156 valence electrons. The molecule has 0 saturated carbocycles. The molecule has 1 aliphatic rings. The van der Waals surface area contributed by atoms with Crippen molar-refractivity contribution in [3.8, 4) is 11.5 Å². The Morgan fingerprint density at radius 3 is 2.10 bits per heavy atom. The molecule has 1 aliphatic heterocycles. The van der Waals surface area contributed by atoms with Gasteiger partial charge in [0.2, 0.25) is 0 Å². The van der Waals surface area contributed by atoms with Gasteiger partial charge in [-0.05, 0) is 24.3 Å². The first-order chi connectivity index (χ1) is 14.2. The molecule has 2 aromatic carbocycles. The second-order valence-electron chi connectivity index (χ2n) is 4.90. The van der Waals surface area contributed by atoms with Crippen LogP contribution >= 0.6 is 0 Å². The van der Waals surface area contributed by atoms with E-state index in [9.17, 15) is 9.59 Å². The molecule has 0 atom stereocenters. The third-order valence-electron chi connectivity index (χ3n) is 3.15. The number of hydrogen-bond acceptors (Lipinski definition) is 4. The molecule has 0 aromatic heterocycles. The predicted molar refractivity (Wildman–Crippen MR) is 121 cm³/mol. The van der Waals surface area contributed by atoms with Gasteiger partial charge in [-0.15, -0.1) is 0 Å². The van der Waals surface area contributed by atoms with E-state index in [1.807, 2.05) is 71.9 Å². The van der Waals surface area contributed by atoms with Gasteiger partial charge in [-0.1, -0.05) is 71.9 Å². The SMILES string of the molecule is CC.CC.CC.O=C1C=C(NC(=O)c2ccccc2Oc2ccccc2)C=NC1. The average molecular weight is 397 g/mol. The van der Waals surface area contributed by atoms with Crippen LogP contribution in [0.2, 0.25) is 0 Å². The van der Waals surface area contributed by atoms with Crippen LogP contribution in [0, 0.1) is 0 Å². The quantitative estimate of drug-likeness (QED) is 0.707. The molecule has 0 aliphatic carbocycles. The number of dihydropyridines is 1. The third kappa shape index (κ3) is 9.02. The molecular formula is C24H32N2O3. The van der Waals surface area contributed by atoms with Crippen molar-refractivity contribution in [2.24, 2.45) is 4.99 Å². The minimum Gasteiger partial charge on any atom is -0.457 e. The number of nitrogens with one attached hydrogen (secondary N) is 1. The van der Waals surface area contributed by atoms with E-state index in [-0.39, 0.29) is 18.2 Å². The second kappa shape index (κ2) is 15.8. The maximum atomic E-state index is 12.4. The molecular weight excluding hydrogens is 364 g/mol. The number of benzene rings is 2. The number of nitrogens with zero attached hydrogens (tertiary/aromatic N) is 1. The maximum Gasteiger partial charge on any atom is 0.259 e. The zero-order valence-corrected chi connectivity index (χ0v) is 18.2. The topological polar surface area (TPSA) is 67.8 Å². The van der Waals surface area contributed by atoms with Crippen molar-refractivity contribution in [1.82, 2.24) is 5.32 Å². The number of hydrogen-bond donors (Lipinski definition) is 1. The predicted octanol–water partition coefficient (Wildman–Crippen LogP) is 5.82. The number of carbonyl (C=O) groups is 2. The van der Waals surface area contributed by atoms with Gasteiger partial charge in [0.1, 0.15) is 18.0 Å². The second-order valence-corrected chi connectivity index (χ2v) is 4.90. The van der Waals surface area contributed by atoms with E-state index in [0.29, 0.717) is 22.8 Å². The molecule has 3 rings (SSSR count). The Morgan fingerprint density at radius 2 is 1.48 bits per heavy atom. The molecule has 5 nitrogen and oxygen atoms in total. The first-order valence-electron chi connectivity index (χ1n) is 10.1. The van der Waals surface area contributed by atoms with Gasteiger partial charge in [0.15, 0.2) is 5.78 Å². The molecule has 1 amide bonds. The number of para-hydroxylation sites is 2. The fraction of sp³-hybridized carbons (Fsp3) is 0.292. The van der Waals surface area contributed by atoms with Crippen molar-refractivity contribution in [2.45, 2.75) is 41.5 Å². The first kappa shape index (κ1) is 25.8. The summed E-state index contributed by atoms with van der Waals surface area (Å²) in [5, 5.41) is 2.66. The fourth-order valence-corrected chi connectivity index (χ4v) is 2.12. The van der Waals surface area contributed by atoms with Gasteiger partial charge in [0, 0.05) is 12.3 Å². The molecule has 2 aromatic rings. The van der Waals surface area contributed by atoms with Gasteiger partial charge in [-0.25, -0.2) is 0 Å². The molecule has 29 heavy (non-hydrogen) atoms. The van der Waals surface area contributed by atoms with Gasteiger partial charge in [0.05, 0.1) is 11.3 Å². The number of ether oxygens (including phenoxy) is 1. The summed E-state index contributed by atoms with van der Waals surface area (Å²) in [6.45, 7) is 12.1. The molecule has 0 bridgehead atoms. The van der Waals surface area contributed by atoms with Crippen LogP contribution in [0.25, 0.3) is 0 Å². The molecule has 0 fully saturated rings. The molecule has 0 saturated heterocycles. The number of carbonyl (C=O) groups excluding carboxylic acids is 2. The summed E-state index contributed by atoms with van der Waals surface area (Å²) in [7, 11) is 0. The van der Waals surface area contributed by atoms with Crippen molar-refractivity contribution < 1.29 is 14.3 Å². The summed E-state index contributed by atoms with van der Waals surface area (Å²) in [4.78, 5) is 27.6. The van der Waals surface area contributed by atoms with Crippen LogP contribution in [0.3, 0.4) is 0 Å². The Labute approximate surface area is 174 Å². The zero-order valence-electron chi connectivity index (χ0n) is 18.2. The number of amides is 1. The fourth-order valence-electron chi connectivity index (χ4n) is 2.12. The summed E-state index contributed by atoms with van der Waals surface area (Å²) in [6.07, 6.45) is 2.84. The minimum atomic E-state index is -0.357. The summed E-state index contributed by atoms with van der Waals surface area (Å²) in [5.74, 6) is 0.581. The van der Waals surface area contributed by atoms with Crippen LogP contribution in [0.4, 0.5) is 0 Å². The zero-order chi connectivity index (χ0) is 22.1. The lowest BCUT2D eigenvalue weighted by Crippen LogP contribution is -2.26. The minimum absolute atomic E-state index is 0.118. The highest BCUT2D eigenvalue weighted by atomic mass is 16.5. The van der Waals surface area contributed by atoms with Gasteiger partial charge in [0.25, 0.3) is 5.91 Å². The Hall–Kier alpha value is -3.21. The van der Waals surface area contributed by atoms with Gasteiger partial charge < -0.3 is 10.1 Å². The normalized spacial score (nSPS) is 11.2. The monoisotopic (exact) mass is 396 g/mol. The van der Waals surface area contributed by atoms with E-state index < -0.39 is 0 Å². The third-order valence-corrected chi connectivity index (χ3v) is 3.15. The first-order valence-corrected chi connectivity index (χ1v) is 10.1. The maximum absolute atomic E-state index is 12.4. The van der Waals surface area contributed by atoms with E-state index in [0.717, 1.165) is 0 Å². The standard InChI is InChI=1S/C18H14N2O3.3C2H6/c21-14-10-13(11-19-12-14)20-18(22)16-8-4-5-9-17(16)23-15-6-2-1-3-7-15;3*1-2/h1-11H,12H2,(H,20,22);3*1-2H3.